The number of fused-ring (bicyclic) bond motifs is 1. The van der Waals surface area contributed by atoms with Gasteiger partial charge in [-0.2, -0.15) is 22.0 Å². The average molecular weight is 619 g/mol. The monoisotopic (exact) mass is 618 g/mol. The predicted octanol–water partition coefficient (Wildman–Crippen LogP) is 8.82. The van der Waals surface area contributed by atoms with Crippen LogP contribution in [0.3, 0.4) is 0 Å². The number of ether oxygens (including phenoxy) is 1. The Bertz CT molecular complexity index is 1160. The van der Waals surface area contributed by atoms with Gasteiger partial charge in [-0.1, -0.05) is 63.6 Å². The minimum atomic E-state index is -5.59. The number of benzene rings is 2. The molecule has 1 heterocycles. The summed E-state index contributed by atoms with van der Waals surface area (Å²) in [6.45, 7) is 2.59. The van der Waals surface area contributed by atoms with Crippen molar-refractivity contribution in [3.63, 3.8) is 0 Å². The van der Waals surface area contributed by atoms with E-state index < -0.39 is 36.2 Å². The van der Waals surface area contributed by atoms with Crippen LogP contribution in [0.25, 0.3) is 0 Å². The van der Waals surface area contributed by atoms with Crippen LogP contribution in [-0.2, 0) is 10.2 Å². The van der Waals surface area contributed by atoms with E-state index in [1.807, 2.05) is 18.2 Å². The van der Waals surface area contributed by atoms with Crippen LogP contribution in [0.2, 0.25) is 0 Å². The first-order chi connectivity index (χ1) is 19.7. The Labute approximate surface area is 247 Å². The minimum Gasteiger partial charge on any atom is -0.508 e. The Hall–Kier alpha value is -2.69. The van der Waals surface area contributed by atoms with E-state index in [2.05, 4.69) is 6.92 Å². The van der Waals surface area contributed by atoms with Gasteiger partial charge in [-0.05, 0) is 54.3 Å². The highest BCUT2D eigenvalue weighted by atomic mass is 32.2. The molecule has 0 radical (unpaired) electrons. The van der Waals surface area contributed by atoms with Gasteiger partial charge in [-0.25, -0.2) is 0 Å². The molecule has 2 aromatic rings. The zero-order chi connectivity index (χ0) is 31.0. The molecule has 3 rings (SSSR count). The highest BCUT2D eigenvalue weighted by Gasteiger charge is 2.56. The summed E-state index contributed by atoms with van der Waals surface area (Å²) in [5.74, 6) is -4.75. The lowest BCUT2D eigenvalue weighted by Gasteiger charge is -2.43. The van der Waals surface area contributed by atoms with E-state index in [0.29, 0.717) is 25.2 Å². The quantitative estimate of drug-likeness (QED) is 0.129. The van der Waals surface area contributed by atoms with Gasteiger partial charge in [-0.15, -0.1) is 11.8 Å². The number of hydrogen-bond donors (Lipinski definition) is 3. The summed E-state index contributed by atoms with van der Waals surface area (Å²) < 4.78 is 68.9. The van der Waals surface area contributed by atoms with Crippen molar-refractivity contribution in [2.75, 3.05) is 12.4 Å². The third kappa shape index (κ3) is 8.91. The van der Waals surface area contributed by atoms with E-state index in [1.165, 1.54) is 0 Å². The van der Waals surface area contributed by atoms with Crippen LogP contribution < -0.4 is 4.74 Å². The zero-order valence-corrected chi connectivity index (χ0v) is 24.5. The lowest BCUT2D eigenvalue weighted by molar-refractivity contribution is -0.284. The molecular weight excluding hydrogens is 579 g/mol. The maximum Gasteiger partial charge on any atom is 0.453 e. The normalized spacial score (nSPS) is 19.6. The number of aliphatic carboxylic acids is 1. The van der Waals surface area contributed by atoms with Crippen molar-refractivity contribution in [2.45, 2.75) is 99.8 Å². The van der Waals surface area contributed by atoms with E-state index in [4.69, 9.17) is 4.74 Å². The van der Waals surface area contributed by atoms with E-state index in [1.54, 1.807) is 24.3 Å². The molecule has 42 heavy (non-hydrogen) atoms. The van der Waals surface area contributed by atoms with Gasteiger partial charge in [0.25, 0.3) is 0 Å². The standard InChI is InChI=1S/C31H39F5O5S/c1-29(21-11-13-22(37)14-12-21)20-41-26-19-23(38)15-16-24(26)25(29)9-6-4-2-3-5-7-10-27(28(39)40)42-18-8-17-30(32,33)31(34,35)36/h11-16,19,25,27,37-38H,2-10,17-18,20H2,1H3,(H,39,40). The number of phenolic OH excluding ortho intramolecular Hbond substituents is 2. The Morgan fingerprint density at radius 3 is 2.21 bits per heavy atom. The number of aromatic hydroxyl groups is 2. The van der Waals surface area contributed by atoms with Crippen molar-refractivity contribution in [2.24, 2.45) is 0 Å². The topological polar surface area (TPSA) is 87.0 Å². The molecule has 5 nitrogen and oxygen atoms in total. The van der Waals surface area contributed by atoms with Crippen molar-refractivity contribution in [1.82, 2.24) is 0 Å². The smallest absolute Gasteiger partial charge is 0.453 e. The summed E-state index contributed by atoms with van der Waals surface area (Å²) in [6.07, 6.45) is -0.876. The molecule has 234 valence electrons. The van der Waals surface area contributed by atoms with Gasteiger partial charge >= 0.3 is 18.1 Å². The predicted molar refractivity (Wildman–Crippen MR) is 153 cm³/mol. The fourth-order valence-electron chi connectivity index (χ4n) is 5.53. The molecule has 0 amide bonds. The minimum absolute atomic E-state index is 0.0688. The number of unbranched alkanes of at least 4 members (excludes halogenated alkanes) is 5. The fraction of sp³-hybridized carbons (Fsp3) is 0.581. The number of rotatable bonds is 16. The molecule has 3 unspecified atom stereocenters. The number of carbonyl (C=O) groups is 1. The Morgan fingerprint density at radius 1 is 0.952 bits per heavy atom. The SMILES string of the molecule is CC1(c2ccc(O)cc2)COc2cc(O)ccc2C1CCCCCCCCC(SCCCC(F)(F)C(F)(F)F)C(=O)O. The molecule has 2 aromatic carbocycles. The molecule has 11 heteroatoms. The maximum atomic E-state index is 13.0. The number of alkyl halides is 5. The van der Waals surface area contributed by atoms with Crippen molar-refractivity contribution in [1.29, 1.82) is 0 Å². The van der Waals surface area contributed by atoms with Crippen molar-refractivity contribution in [3.8, 4) is 17.2 Å². The molecule has 1 aliphatic rings. The molecule has 0 saturated heterocycles. The van der Waals surface area contributed by atoms with Crippen LogP contribution >= 0.6 is 11.8 Å². The molecule has 0 aliphatic carbocycles. The molecule has 0 spiro atoms. The molecule has 0 bridgehead atoms. The summed E-state index contributed by atoms with van der Waals surface area (Å²) in [5, 5.41) is 28.3. The first-order valence-corrected chi connectivity index (χ1v) is 15.3. The third-order valence-corrected chi connectivity index (χ3v) is 9.41. The van der Waals surface area contributed by atoms with E-state index in [9.17, 15) is 42.1 Å². The number of carboxylic acids is 1. The first-order valence-electron chi connectivity index (χ1n) is 14.3. The molecule has 0 aromatic heterocycles. The van der Waals surface area contributed by atoms with Gasteiger partial charge in [-0.3, -0.25) is 4.79 Å². The highest BCUT2D eigenvalue weighted by molar-refractivity contribution is 8.00. The van der Waals surface area contributed by atoms with Crippen LogP contribution in [0, 0.1) is 0 Å². The number of thioether (sulfide) groups is 1. The summed E-state index contributed by atoms with van der Waals surface area (Å²) in [5.41, 5.74) is 1.77. The van der Waals surface area contributed by atoms with Crippen LogP contribution in [0.4, 0.5) is 22.0 Å². The van der Waals surface area contributed by atoms with Gasteiger partial charge in [0.15, 0.2) is 0 Å². The summed E-state index contributed by atoms with van der Waals surface area (Å²) >= 11 is 0.923. The Morgan fingerprint density at radius 2 is 1.57 bits per heavy atom. The molecular formula is C31H39F5O5S. The van der Waals surface area contributed by atoms with Crippen LogP contribution in [0.15, 0.2) is 42.5 Å². The van der Waals surface area contributed by atoms with Crippen molar-refractivity contribution in [3.05, 3.63) is 53.6 Å². The van der Waals surface area contributed by atoms with Gasteiger partial charge in [0.2, 0.25) is 0 Å². The highest BCUT2D eigenvalue weighted by Crippen LogP contribution is 2.50. The lowest BCUT2D eigenvalue weighted by Crippen LogP contribution is -2.40. The third-order valence-electron chi connectivity index (χ3n) is 8.05. The molecule has 3 atom stereocenters. The largest absolute Gasteiger partial charge is 0.508 e. The van der Waals surface area contributed by atoms with Crippen LogP contribution in [-0.4, -0.2) is 51.0 Å². The molecule has 3 N–H and O–H groups in total. The van der Waals surface area contributed by atoms with Gasteiger partial charge in [0, 0.05) is 23.8 Å². The van der Waals surface area contributed by atoms with Crippen LogP contribution in [0.5, 0.6) is 17.2 Å². The molecule has 0 saturated carbocycles. The van der Waals surface area contributed by atoms with Gasteiger partial charge < -0.3 is 20.1 Å². The second-order valence-electron chi connectivity index (χ2n) is 11.2. The Kier molecular flexibility index (Phi) is 11.8. The Balaban J connectivity index is 1.42. The second kappa shape index (κ2) is 14.7. The number of carboxylic acid groups (broad SMARTS) is 1. The van der Waals surface area contributed by atoms with Gasteiger partial charge in [0.05, 0.1) is 6.61 Å². The fourth-order valence-corrected chi connectivity index (χ4v) is 6.60. The van der Waals surface area contributed by atoms with Crippen LogP contribution in [0.1, 0.15) is 88.2 Å². The number of halogens is 5. The average Bonchev–Trinajstić information content (AvgIpc) is 2.91. The first kappa shape index (κ1) is 33.8. The molecule has 0 fully saturated rings. The summed E-state index contributed by atoms with van der Waals surface area (Å²) in [4.78, 5) is 11.5. The second-order valence-corrected chi connectivity index (χ2v) is 12.5. The van der Waals surface area contributed by atoms with Gasteiger partial charge in [0.1, 0.15) is 22.5 Å². The zero-order valence-electron chi connectivity index (χ0n) is 23.6. The summed E-state index contributed by atoms with van der Waals surface area (Å²) in [7, 11) is 0. The van der Waals surface area contributed by atoms with Crippen molar-refractivity contribution >= 4 is 17.7 Å². The number of phenols is 2. The lowest BCUT2D eigenvalue weighted by atomic mass is 9.66. The summed E-state index contributed by atoms with van der Waals surface area (Å²) in [6, 6.07) is 12.4. The van der Waals surface area contributed by atoms with E-state index in [-0.39, 0.29) is 28.6 Å². The number of hydrogen-bond acceptors (Lipinski definition) is 5. The van der Waals surface area contributed by atoms with Crippen molar-refractivity contribution < 1.29 is 46.8 Å². The van der Waals surface area contributed by atoms with E-state index in [0.717, 1.165) is 61.4 Å². The van der Waals surface area contributed by atoms with E-state index >= 15 is 0 Å². The maximum absolute atomic E-state index is 13.0. The molecule has 1 aliphatic heterocycles.